The summed E-state index contributed by atoms with van der Waals surface area (Å²) in [6, 6.07) is 16.9. The number of fused-ring (bicyclic) bond motifs is 1. The molecule has 0 aliphatic heterocycles. The predicted octanol–water partition coefficient (Wildman–Crippen LogP) is 3.18. The Balaban J connectivity index is 1.75. The van der Waals surface area contributed by atoms with Crippen LogP contribution in [0.3, 0.4) is 0 Å². The molecular weight excluding hydrogens is 512 g/mol. The molecule has 194 valence electrons. The first-order valence-corrected chi connectivity index (χ1v) is 12.7. The molecule has 1 aromatic heterocycles. The lowest BCUT2D eigenvalue weighted by Crippen LogP contribution is -2.32. The topological polar surface area (TPSA) is 166 Å². The molecule has 3 aromatic carbocycles. The van der Waals surface area contributed by atoms with Gasteiger partial charge < -0.3 is 5.32 Å². The molecule has 0 fully saturated rings. The molecule has 2 N–H and O–H groups in total. The van der Waals surface area contributed by atoms with Crippen LogP contribution >= 0.6 is 0 Å². The maximum atomic E-state index is 13.3. The largest absolute Gasteiger partial charge is 0.326 e. The van der Waals surface area contributed by atoms with Crippen LogP contribution in [0.4, 0.5) is 11.4 Å². The number of nitro benzene ring substituents is 1. The highest BCUT2D eigenvalue weighted by atomic mass is 32.2. The third-order valence-electron chi connectivity index (χ3n) is 5.43. The van der Waals surface area contributed by atoms with E-state index < -0.39 is 26.5 Å². The Bertz CT molecular complexity index is 1730. The number of para-hydroxylation sites is 2. The number of carbonyl (C=O) groups is 1. The summed E-state index contributed by atoms with van der Waals surface area (Å²) in [6.45, 7) is 2.83. The van der Waals surface area contributed by atoms with Gasteiger partial charge in [-0.05, 0) is 49.4 Å². The Morgan fingerprint density at radius 3 is 2.42 bits per heavy atom. The van der Waals surface area contributed by atoms with Crippen molar-refractivity contribution in [1.29, 1.82) is 0 Å². The molecule has 1 atom stereocenters. The van der Waals surface area contributed by atoms with Gasteiger partial charge in [-0.3, -0.25) is 19.7 Å². The van der Waals surface area contributed by atoms with Crippen LogP contribution in [0.2, 0.25) is 0 Å². The second-order valence-corrected chi connectivity index (χ2v) is 9.93. The molecule has 0 saturated carbocycles. The maximum absolute atomic E-state index is 13.3. The van der Waals surface area contributed by atoms with Gasteiger partial charge in [0.15, 0.2) is 5.82 Å². The zero-order valence-electron chi connectivity index (χ0n) is 20.2. The van der Waals surface area contributed by atoms with Crippen LogP contribution in [-0.2, 0) is 14.8 Å². The van der Waals surface area contributed by atoms with E-state index in [4.69, 9.17) is 0 Å². The zero-order chi connectivity index (χ0) is 27.4. The lowest BCUT2D eigenvalue weighted by Gasteiger charge is -2.17. The smallest absolute Gasteiger partial charge is 0.282 e. The van der Waals surface area contributed by atoms with Gasteiger partial charge in [-0.2, -0.15) is 9.78 Å². The molecule has 0 radical (unpaired) electrons. The van der Waals surface area contributed by atoms with Gasteiger partial charge in [-0.15, -0.1) is 0 Å². The average molecular weight is 535 g/mol. The fourth-order valence-corrected chi connectivity index (χ4v) is 4.89. The highest BCUT2D eigenvalue weighted by molar-refractivity contribution is 7.89. The Morgan fingerprint density at radius 1 is 1.08 bits per heavy atom. The Hall–Kier alpha value is -4.75. The number of nitrogens with zero attached hydrogens (tertiary/aromatic N) is 4. The van der Waals surface area contributed by atoms with E-state index in [9.17, 15) is 28.1 Å². The summed E-state index contributed by atoms with van der Waals surface area (Å²) in [6.07, 6.45) is 1.15. The van der Waals surface area contributed by atoms with Crippen LogP contribution in [0.5, 0.6) is 0 Å². The molecule has 12 nitrogen and oxygen atoms in total. The lowest BCUT2D eigenvalue weighted by atomic mass is 10.2. The van der Waals surface area contributed by atoms with E-state index in [-0.39, 0.29) is 33.3 Å². The van der Waals surface area contributed by atoms with Gasteiger partial charge in [0, 0.05) is 18.7 Å². The van der Waals surface area contributed by atoms with E-state index in [2.05, 4.69) is 20.1 Å². The zero-order valence-corrected chi connectivity index (χ0v) is 21.0. The molecule has 0 bridgehead atoms. The number of aromatic nitrogens is 2. The summed E-state index contributed by atoms with van der Waals surface area (Å²) in [4.78, 5) is 39.8. The summed E-state index contributed by atoms with van der Waals surface area (Å²) in [5, 5.41) is 18.3. The maximum Gasteiger partial charge on any atom is 0.282 e. The fraction of sp³-hybridized carbons (Fsp3) is 0.120. The van der Waals surface area contributed by atoms with E-state index in [1.807, 2.05) is 0 Å². The van der Waals surface area contributed by atoms with Crippen LogP contribution in [-0.4, -0.2) is 35.1 Å². The monoisotopic (exact) mass is 534 g/mol. The summed E-state index contributed by atoms with van der Waals surface area (Å²) in [7, 11) is -4.08. The second-order valence-electron chi connectivity index (χ2n) is 8.21. The number of nitrogens with one attached hydrogen (secondary N) is 2. The molecule has 0 aliphatic rings. The van der Waals surface area contributed by atoms with Crippen molar-refractivity contribution in [3.63, 3.8) is 0 Å². The molecule has 0 saturated heterocycles. The normalized spacial score (nSPS) is 12.5. The van der Waals surface area contributed by atoms with Crippen molar-refractivity contribution >= 4 is 44.4 Å². The summed E-state index contributed by atoms with van der Waals surface area (Å²) < 4.78 is 29.6. The Morgan fingerprint density at radius 2 is 1.74 bits per heavy atom. The SMILES string of the molecule is CC(=O)Nc1ccc(S(=O)(=O)NC(C)c2nc3ccccc3c(=O)n2/N=C/c2ccccc2[N+](=O)[O-])cc1. The number of anilines is 1. The van der Waals surface area contributed by atoms with E-state index >= 15 is 0 Å². The Kier molecular flexibility index (Phi) is 7.41. The molecular formula is C25H22N6O6S. The summed E-state index contributed by atoms with van der Waals surface area (Å²) >= 11 is 0. The molecule has 0 aliphatic carbocycles. The number of hydrogen-bond donors (Lipinski definition) is 2. The highest BCUT2D eigenvalue weighted by Gasteiger charge is 2.23. The second kappa shape index (κ2) is 10.7. The van der Waals surface area contributed by atoms with Crippen molar-refractivity contribution in [3.8, 4) is 0 Å². The van der Waals surface area contributed by atoms with E-state index in [0.717, 1.165) is 10.9 Å². The lowest BCUT2D eigenvalue weighted by molar-refractivity contribution is -0.385. The number of benzene rings is 3. The van der Waals surface area contributed by atoms with Crippen molar-refractivity contribution in [2.75, 3.05) is 5.32 Å². The molecule has 1 heterocycles. The first-order chi connectivity index (χ1) is 18.1. The molecule has 4 aromatic rings. The molecule has 4 rings (SSSR count). The van der Waals surface area contributed by atoms with E-state index in [1.54, 1.807) is 30.3 Å². The van der Waals surface area contributed by atoms with Gasteiger partial charge in [-0.25, -0.2) is 18.1 Å². The van der Waals surface area contributed by atoms with Gasteiger partial charge in [-0.1, -0.05) is 24.3 Å². The molecule has 1 unspecified atom stereocenters. The average Bonchev–Trinajstić information content (AvgIpc) is 2.88. The summed E-state index contributed by atoms with van der Waals surface area (Å²) in [5.74, 6) is -0.323. The molecule has 13 heteroatoms. The van der Waals surface area contributed by atoms with Crippen LogP contribution in [0.15, 0.2) is 87.6 Å². The van der Waals surface area contributed by atoms with Gasteiger partial charge in [0.25, 0.3) is 11.2 Å². The minimum Gasteiger partial charge on any atom is -0.326 e. The summed E-state index contributed by atoms with van der Waals surface area (Å²) in [5.41, 5.74) is 0.118. The third kappa shape index (κ3) is 5.63. The number of hydrogen-bond acceptors (Lipinski definition) is 8. The molecule has 0 spiro atoms. The molecule has 1 amide bonds. The van der Waals surface area contributed by atoms with Crippen molar-refractivity contribution in [2.45, 2.75) is 24.8 Å². The first kappa shape index (κ1) is 26.3. The van der Waals surface area contributed by atoms with Crippen molar-refractivity contribution in [1.82, 2.24) is 14.4 Å². The molecule has 38 heavy (non-hydrogen) atoms. The minimum absolute atomic E-state index is 0.0259. The van der Waals surface area contributed by atoms with Crippen LogP contribution in [0.25, 0.3) is 10.9 Å². The highest BCUT2D eigenvalue weighted by Crippen LogP contribution is 2.20. The predicted molar refractivity (Wildman–Crippen MR) is 142 cm³/mol. The first-order valence-electron chi connectivity index (χ1n) is 11.3. The number of carbonyl (C=O) groups excluding carboxylic acids is 1. The van der Waals surface area contributed by atoms with Crippen LogP contribution < -0.4 is 15.6 Å². The van der Waals surface area contributed by atoms with Gasteiger partial charge in [0.05, 0.1) is 38.5 Å². The van der Waals surface area contributed by atoms with Crippen molar-refractivity contribution in [3.05, 3.63) is 105 Å². The number of rotatable bonds is 8. The number of amides is 1. The Labute approximate surface area is 216 Å². The van der Waals surface area contributed by atoms with Gasteiger partial charge in [0.1, 0.15) is 0 Å². The van der Waals surface area contributed by atoms with Gasteiger partial charge >= 0.3 is 0 Å². The van der Waals surface area contributed by atoms with Crippen molar-refractivity contribution < 1.29 is 18.1 Å². The standard InChI is InChI=1S/C25H22N6O6S/c1-16(29-38(36,37)20-13-11-19(12-14-20)27-17(2)32)24-28-22-9-5-4-8-21(22)25(33)30(24)26-15-18-7-3-6-10-23(18)31(34)35/h3-16,29H,1-2H3,(H,27,32)/b26-15+. The fourth-order valence-electron chi connectivity index (χ4n) is 3.69. The van der Waals surface area contributed by atoms with Crippen LogP contribution in [0, 0.1) is 10.1 Å². The van der Waals surface area contributed by atoms with E-state index in [1.165, 1.54) is 56.3 Å². The quantitative estimate of drug-likeness (QED) is 0.199. The minimum atomic E-state index is -4.08. The van der Waals surface area contributed by atoms with E-state index in [0.29, 0.717) is 11.2 Å². The van der Waals surface area contributed by atoms with Crippen LogP contribution in [0.1, 0.15) is 31.3 Å². The third-order valence-corrected chi connectivity index (χ3v) is 6.99. The number of sulfonamides is 1. The van der Waals surface area contributed by atoms with Gasteiger partial charge in [0.2, 0.25) is 15.9 Å². The number of nitro groups is 1. The van der Waals surface area contributed by atoms with Crippen molar-refractivity contribution in [2.24, 2.45) is 5.10 Å².